The third-order valence-electron chi connectivity index (χ3n) is 4.89. The van der Waals surface area contributed by atoms with E-state index in [0.29, 0.717) is 11.4 Å². The van der Waals surface area contributed by atoms with Crippen molar-refractivity contribution in [1.82, 2.24) is 0 Å². The van der Waals surface area contributed by atoms with Crippen LogP contribution in [0, 0.1) is 6.92 Å². The lowest BCUT2D eigenvalue weighted by Crippen LogP contribution is -2.23. The zero-order chi connectivity index (χ0) is 19.9. The highest BCUT2D eigenvalue weighted by Gasteiger charge is 2.35. The third-order valence-corrected chi connectivity index (χ3v) is 7.93. The second kappa shape index (κ2) is 7.07. The van der Waals surface area contributed by atoms with Gasteiger partial charge in [0.05, 0.1) is 17.7 Å². The molecule has 3 aromatic rings. The fourth-order valence-corrected chi connectivity index (χ4v) is 6.35. The third kappa shape index (κ3) is 3.10. The van der Waals surface area contributed by atoms with Gasteiger partial charge in [0.15, 0.2) is 0 Å². The summed E-state index contributed by atoms with van der Waals surface area (Å²) in [6.07, 6.45) is 0.248. The number of nitrogens with one attached hydrogen (secondary N) is 1. The molecule has 2 heterocycles. The smallest absolute Gasteiger partial charge is 0.225 e. The SMILES string of the molecule is COc1ccccc1[C@@H]1CC(=O)Nc2c(S(=O)(=O)c3ccc(C)cc3)csc21. The highest BCUT2D eigenvalue weighted by atomic mass is 32.2. The molecule has 144 valence electrons. The molecular formula is C21H19NO4S2. The summed E-state index contributed by atoms with van der Waals surface area (Å²) in [4.78, 5) is 13.6. The summed E-state index contributed by atoms with van der Waals surface area (Å²) in [5.41, 5.74) is 2.25. The maximum absolute atomic E-state index is 13.2. The number of fused-ring (bicyclic) bond motifs is 1. The monoisotopic (exact) mass is 413 g/mol. The van der Waals surface area contributed by atoms with E-state index in [1.165, 1.54) is 11.3 Å². The average molecular weight is 414 g/mol. The number of ether oxygens (including phenoxy) is 1. The number of hydrogen-bond acceptors (Lipinski definition) is 5. The first-order valence-electron chi connectivity index (χ1n) is 8.77. The highest BCUT2D eigenvalue weighted by Crippen LogP contribution is 2.47. The minimum absolute atomic E-state index is 0.143. The van der Waals surface area contributed by atoms with Crippen molar-refractivity contribution in [1.29, 1.82) is 0 Å². The van der Waals surface area contributed by atoms with Crippen molar-refractivity contribution in [2.45, 2.75) is 29.1 Å². The minimum atomic E-state index is -3.73. The molecule has 0 bridgehead atoms. The van der Waals surface area contributed by atoms with Gasteiger partial charge in [0.1, 0.15) is 10.6 Å². The molecule has 1 amide bonds. The molecule has 5 nitrogen and oxygen atoms in total. The lowest BCUT2D eigenvalue weighted by Gasteiger charge is -2.25. The topological polar surface area (TPSA) is 72.5 Å². The summed E-state index contributed by atoms with van der Waals surface area (Å²) in [6, 6.07) is 14.2. The van der Waals surface area contributed by atoms with E-state index in [4.69, 9.17) is 4.74 Å². The second-order valence-corrected chi connectivity index (χ2v) is 9.53. The predicted octanol–water partition coefficient (Wildman–Crippen LogP) is 4.37. The molecule has 1 aliphatic rings. The van der Waals surface area contributed by atoms with Crippen molar-refractivity contribution in [2.24, 2.45) is 0 Å². The lowest BCUT2D eigenvalue weighted by atomic mass is 9.90. The Bertz CT molecular complexity index is 1150. The molecule has 0 saturated carbocycles. The van der Waals surface area contributed by atoms with Crippen LogP contribution < -0.4 is 10.1 Å². The molecule has 0 unspecified atom stereocenters. The number of para-hydroxylation sites is 1. The summed E-state index contributed by atoms with van der Waals surface area (Å²) < 4.78 is 31.8. The average Bonchev–Trinajstić information content (AvgIpc) is 3.12. The van der Waals surface area contributed by atoms with Crippen LogP contribution >= 0.6 is 11.3 Å². The molecule has 0 saturated heterocycles. The molecule has 4 rings (SSSR count). The first kappa shape index (κ1) is 18.7. The standard InChI is InChI=1S/C21H19NO4S2/c1-13-7-9-14(10-8-13)28(24,25)18-12-27-21-16(11-19(23)22-20(18)21)15-5-3-4-6-17(15)26-2/h3-10,12,16H,11H2,1-2H3,(H,22,23)/t16-/m0/s1. The molecule has 28 heavy (non-hydrogen) atoms. The molecule has 2 aromatic carbocycles. The molecule has 0 aliphatic carbocycles. The van der Waals surface area contributed by atoms with Gasteiger partial charge < -0.3 is 10.1 Å². The van der Waals surface area contributed by atoms with Crippen LogP contribution in [0.4, 0.5) is 5.69 Å². The van der Waals surface area contributed by atoms with Gasteiger partial charge >= 0.3 is 0 Å². The molecule has 1 aromatic heterocycles. The number of rotatable bonds is 4. The van der Waals surface area contributed by atoms with Gasteiger partial charge in [-0.15, -0.1) is 11.3 Å². The predicted molar refractivity (Wildman–Crippen MR) is 109 cm³/mol. The van der Waals surface area contributed by atoms with Crippen molar-refractivity contribution in [3.05, 3.63) is 69.9 Å². The first-order valence-corrected chi connectivity index (χ1v) is 11.1. The van der Waals surface area contributed by atoms with Crippen molar-refractivity contribution < 1.29 is 17.9 Å². The number of benzene rings is 2. The molecule has 7 heteroatoms. The number of aryl methyl sites for hydroxylation is 1. The summed E-state index contributed by atoms with van der Waals surface area (Å²) in [5, 5.41) is 4.40. The number of hydrogen-bond donors (Lipinski definition) is 1. The van der Waals surface area contributed by atoms with Crippen LogP contribution in [0.2, 0.25) is 0 Å². The fourth-order valence-electron chi connectivity index (χ4n) is 3.45. The Morgan fingerprint density at radius 3 is 2.54 bits per heavy atom. The zero-order valence-corrected chi connectivity index (χ0v) is 17.1. The Morgan fingerprint density at radius 2 is 1.82 bits per heavy atom. The van der Waals surface area contributed by atoms with Gasteiger partial charge in [-0.25, -0.2) is 8.42 Å². The van der Waals surface area contributed by atoms with E-state index in [2.05, 4.69) is 5.32 Å². The second-order valence-electron chi connectivity index (χ2n) is 6.70. The quantitative estimate of drug-likeness (QED) is 0.689. The maximum Gasteiger partial charge on any atom is 0.225 e. The van der Waals surface area contributed by atoms with Gasteiger partial charge in [-0.1, -0.05) is 35.9 Å². The number of carbonyl (C=O) groups excluding carboxylic acids is 1. The highest BCUT2D eigenvalue weighted by molar-refractivity contribution is 7.91. The maximum atomic E-state index is 13.2. The number of methoxy groups -OCH3 is 1. The van der Waals surface area contributed by atoms with Crippen LogP contribution in [0.3, 0.4) is 0 Å². The van der Waals surface area contributed by atoms with Gasteiger partial charge in [-0.05, 0) is 25.1 Å². The zero-order valence-electron chi connectivity index (χ0n) is 15.4. The first-order chi connectivity index (χ1) is 13.4. The van der Waals surface area contributed by atoms with E-state index < -0.39 is 9.84 Å². The van der Waals surface area contributed by atoms with Crippen molar-refractivity contribution in [3.8, 4) is 5.75 Å². The largest absolute Gasteiger partial charge is 0.496 e. The van der Waals surface area contributed by atoms with E-state index in [1.54, 1.807) is 36.8 Å². The van der Waals surface area contributed by atoms with E-state index >= 15 is 0 Å². The minimum Gasteiger partial charge on any atom is -0.496 e. The molecular weight excluding hydrogens is 394 g/mol. The Balaban J connectivity index is 1.84. The molecule has 0 radical (unpaired) electrons. The van der Waals surface area contributed by atoms with E-state index in [1.807, 2.05) is 31.2 Å². The molecule has 1 N–H and O–H groups in total. The molecule has 1 aliphatic heterocycles. The van der Waals surface area contributed by atoms with Crippen molar-refractivity contribution >= 4 is 32.8 Å². The van der Waals surface area contributed by atoms with Gasteiger partial charge in [0.2, 0.25) is 15.7 Å². The molecule has 0 fully saturated rings. The molecule has 1 atom stereocenters. The van der Waals surface area contributed by atoms with Crippen LogP contribution in [0.15, 0.2) is 63.7 Å². The van der Waals surface area contributed by atoms with Gasteiger partial charge in [0.25, 0.3) is 0 Å². The lowest BCUT2D eigenvalue weighted by molar-refractivity contribution is -0.116. The normalized spacial score (nSPS) is 16.4. The van der Waals surface area contributed by atoms with Crippen LogP contribution in [0.1, 0.15) is 28.3 Å². The van der Waals surface area contributed by atoms with Gasteiger partial charge in [-0.3, -0.25) is 4.79 Å². The summed E-state index contributed by atoms with van der Waals surface area (Å²) in [5.74, 6) is 0.235. The summed E-state index contributed by atoms with van der Waals surface area (Å²) in [7, 11) is -2.15. The van der Waals surface area contributed by atoms with Crippen molar-refractivity contribution in [2.75, 3.05) is 12.4 Å². The Labute approximate surface area is 167 Å². The molecule has 0 spiro atoms. The number of carbonyl (C=O) groups is 1. The van der Waals surface area contributed by atoms with Crippen LogP contribution in [0.25, 0.3) is 0 Å². The summed E-state index contributed by atoms with van der Waals surface area (Å²) >= 11 is 1.35. The van der Waals surface area contributed by atoms with E-state index in [0.717, 1.165) is 16.0 Å². The Hall–Kier alpha value is -2.64. The van der Waals surface area contributed by atoms with E-state index in [9.17, 15) is 13.2 Å². The Kier molecular flexibility index (Phi) is 4.72. The van der Waals surface area contributed by atoms with Crippen LogP contribution in [-0.2, 0) is 14.6 Å². The van der Waals surface area contributed by atoms with E-state index in [-0.39, 0.29) is 28.0 Å². The van der Waals surface area contributed by atoms with Gasteiger partial charge in [-0.2, -0.15) is 0 Å². The van der Waals surface area contributed by atoms with Crippen LogP contribution in [-0.4, -0.2) is 21.4 Å². The number of anilines is 1. The fraction of sp³-hybridized carbons (Fsp3) is 0.190. The van der Waals surface area contributed by atoms with Crippen molar-refractivity contribution in [3.63, 3.8) is 0 Å². The number of sulfone groups is 1. The Morgan fingerprint density at radius 1 is 1.11 bits per heavy atom. The summed E-state index contributed by atoms with van der Waals surface area (Å²) in [6.45, 7) is 1.90. The van der Waals surface area contributed by atoms with Crippen LogP contribution in [0.5, 0.6) is 5.75 Å². The number of amides is 1. The number of thiophene rings is 1. The van der Waals surface area contributed by atoms with Gasteiger partial charge in [0, 0.05) is 28.2 Å².